The molecule has 1 aromatic carbocycles. The molecule has 0 saturated carbocycles. The van der Waals surface area contributed by atoms with E-state index in [1.54, 1.807) is 0 Å². The zero-order valence-electron chi connectivity index (χ0n) is 18.7. The molecule has 0 radical (unpaired) electrons. The Balaban J connectivity index is 1.33. The van der Waals surface area contributed by atoms with Gasteiger partial charge in [-0.3, -0.25) is 9.80 Å². The SMILES string of the molecule is CC(C)c1ccc(CN2CCN(Cn3nc([C@@H]4CCS(=O)(=O)C4)n(C)c3=S)CC2)cc1. The standard InChI is InChI=1S/C22H33N5O2S2/c1-17(2)19-6-4-18(5-7-19)14-25-9-11-26(12-10-25)16-27-22(30)24(3)21(23-27)20-8-13-31(28,29)15-20/h4-7,17,20H,8-16H2,1-3H3/t20-/m1/s1. The molecule has 0 unspecified atom stereocenters. The summed E-state index contributed by atoms with van der Waals surface area (Å²) in [7, 11) is -1.05. The van der Waals surface area contributed by atoms with Crippen molar-refractivity contribution in [2.45, 2.75) is 45.3 Å². The predicted octanol–water partition coefficient (Wildman–Crippen LogP) is 2.75. The molecule has 1 aromatic heterocycles. The lowest BCUT2D eigenvalue weighted by Crippen LogP contribution is -2.46. The molecule has 0 aliphatic carbocycles. The Morgan fingerprint density at radius 2 is 1.74 bits per heavy atom. The van der Waals surface area contributed by atoms with Crippen LogP contribution < -0.4 is 0 Å². The minimum atomic E-state index is -2.94. The largest absolute Gasteiger partial charge is 0.307 e. The first-order valence-electron chi connectivity index (χ1n) is 11.1. The van der Waals surface area contributed by atoms with Crippen molar-refractivity contribution in [1.29, 1.82) is 0 Å². The van der Waals surface area contributed by atoms with Gasteiger partial charge in [0.1, 0.15) is 5.82 Å². The van der Waals surface area contributed by atoms with Gasteiger partial charge in [0.2, 0.25) is 0 Å². The van der Waals surface area contributed by atoms with Crippen LogP contribution >= 0.6 is 12.2 Å². The lowest BCUT2D eigenvalue weighted by atomic mass is 10.0. The first-order chi connectivity index (χ1) is 14.7. The first kappa shape index (κ1) is 22.6. The van der Waals surface area contributed by atoms with Crippen LogP contribution in [0.25, 0.3) is 0 Å². The van der Waals surface area contributed by atoms with E-state index in [4.69, 9.17) is 17.3 Å². The van der Waals surface area contributed by atoms with Gasteiger partial charge in [-0.1, -0.05) is 38.1 Å². The fourth-order valence-electron chi connectivity index (χ4n) is 4.50. The summed E-state index contributed by atoms with van der Waals surface area (Å²) in [5.74, 6) is 1.75. The number of rotatable bonds is 6. The number of nitrogens with zero attached hydrogens (tertiary/aromatic N) is 5. The lowest BCUT2D eigenvalue weighted by molar-refractivity contribution is 0.0979. The van der Waals surface area contributed by atoms with E-state index >= 15 is 0 Å². The summed E-state index contributed by atoms with van der Waals surface area (Å²) in [6.07, 6.45) is 0.638. The Bertz CT molecular complexity index is 1060. The van der Waals surface area contributed by atoms with E-state index in [9.17, 15) is 8.42 Å². The average Bonchev–Trinajstić information content (AvgIpc) is 3.23. The molecule has 3 heterocycles. The van der Waals surface area contributed by atoms with Crippen LogP contribution in [-0.2, 0) is 30.1 Å². The highest BCUT2D eigenvalue weighted by molar-refractivity contribution is 7.91. The molecular formula is C22H33N5O2S2. The third kappa shape index (κ3) is 5.27. The molecule has 1 atom stereocenters. The van der Waals surface area contributed by atoms with E-state index in [1.807, 2.05) is 16.3 Å². The van der Waals surface area contributed by atoms with Crippen molar-refractivity contribution < 1.29 is 8.42 Å². The van der Waals surface area contributed by atoms with E-state index in [0.717, 1.165) is 38.5 Å². The van der Waals surface area contributed by atoms with Gasteiger partial charge in [-0.15, -0.1) is 0 Å². The van der Waals surface area contributed by atoms with Gasteiger partial charge in [0, 0.05) is 45.7 Å². The number of sulfone groups is 1. The maximum absolute atomic E-state index is 11.9. The molecule has 0 amide bonds. The fourth-order valence-corrected chi connectivity index (χ4v) is 6.43. The molecule has 31 heavy (non-hydrogen) atoms. The molecule has 0 N–H and O–H groups in total. The molecule has 2 saturated heterocycles. The van der Waals surface area contributed by atoms with Gasteiger partial charge in [0.15, 0.2) is 14.6 Å². The molecule has 7 nitrogen and oxygen atoms in total. The third-order valence-corrected chi connectivity index (χ3v) is 8.78. The Morgan fingerprint density at radius 1 is 1.10 bits per heavy atom. The highest BCUT2D eigenvalue weighted by atomic mass is 32.2. The first-order valence-corrected chi connectivity index (χ1v) is 13.3. The lowest BCUT2D eigenvalue weighted by Gasteiger charge is -2.34. The Hall–Kier alpha value is -1.55. The molecule has 2 aliphatic rings. The Labute approximate surface area is 190 Å². The zero-order valence-corrected chi connectivity index (χ0v) is 20.3. The minimum Gasteiger partial charge on any atom is -0.307 e. The van der Waals surface area contributed by atoms with Crippen LogP contribution in [0.1, 0.15) is 49.1 Å². The van der Waals surface area contributed by atoms with Crippen molar-refractivity contribution in [3.8, 4) is 0 Å². The van der Waals surface area contributed by atoms with E-state index < -0.39 is 9.84 Å². The molecule has 0 bridgehead atoms. The highest BCUT2D eigenvalue weighted by Gasteiger charge is 2.32. The van der Waals surface area contributed by atoms with Gasteiger partial charge >= 0.3 is 0 Å². The van der Waals surface area contributed by atoms with Gasteiger partial charge in [0.05, 0.1) is 18.2 Å². The van der Waals surface area contributed by atoms with Crippen LogP contribution in [0.15, 0.2) is 24.3 Å². The molecule has 2 aromatic rings. The van der Waals surface area contributed by atoms with Crippen LogP contribution in [-0.4, -0.2) is 70.2 Å². The molecule has 2 fully saturated rings. The Kier molecular flexibility index (Phi) is 6.67. The molecule has 4 rings (SSSR count). The van der Waals surface area contributed by atoms with E-state index in [0.29, 0.717) is 23.8 Å². The topological polar surface area (TPSA) is 63.4 Å². The summed E-state index contributed by atoms with van der Waals surface area (Å²) in [6.45, 7) is 10.0. The van der Waals surface area contributed by atoms with Gasteiger partial charge in [-0.2, -0.15) is 5.10 Å². The van der Waals surface area contributed by atoms with Gasteiger partial charge < -0.3 is 4.57 Å². The fraction of sp³-hybridized carbons (Fsp3) is 0.636. The zero-order chi connectivity index (χ0) is 22.2. The van der Waals surface area contributed by atoms with Gasteiger partial charge in [0.25, 0.3) is 0 Å². The number of hydrogen-bond acceptors (Lipinski definition) is 6. The van der Waals surface area contributed by atoms with Crippen molar-refractivity contribution in [1.82, 2.24) is 24.1 Å². The molecular weight excluding hydrogens is 430 g/mol. The third-order valence-electron chi connectivity index (χ3n) is 6.52. The second kappa shape index (κ2) is 9.13. The van der Waals surface area contributed by atoms with Crippen molar-refractivity contribution in [2.24, 2.45) is 7.05 Å². The van der Waals surface area contributed by atoms with Crippen LogP contribution in [0.4, 0.5) is 0 Å². The molecule has 170 valence electrons. The summed E-state index contributed by atoms with van der Waals surface area (Å²) < 4.78 is 28.1. The maximum Gasteiger partial charge on any atom is 0.198 e. The number of benzene rings is 1. The van der Waals surface area contributed by atoms with Gasteiger partial charge in [-0.25, -0.2) is 13.1 Å². The quantitative estimate of drug-likeness (QED) is 0.614. The van der Waals surface area contributed by atoms with E-state index in [1.165, 1.54) is 11.1 Å². The number of piperazine rings is 1. The summed E-state index contributed by atoms with van der Waals surface area (Å²) in [4.78, 5) is 4.86. The smallest absolute Gasteiger partial charge is 0.198 e. The second-order valence-corrected chi connectivity index (χ2v) is 11.8. The van der Waals surface area contributed by atoms with Crippen LogP contribution in [0.2, 0.25) is 0 Å². The van der Waals surface area contributed by atoms with Crippen molar-refractivity contribution >= 4 is 22.1 Å². The predicted molar refractivity (Wildman–Crippen MR) is 125 cm³/mol. The minimum absolute atomic E-state index is 0.0446. The van der Waals surface area contributed by atoms with Gasteiger partial charge in [-0.05, 0) is 35.7 Å². The summed E-state index contributed by atoms with van der Waals surface area (Å²) in [6, 6.07) is 8.98. The molecule has 9 heteroatoms. The van der Waals surface area contributed by atoms with Crippen molar-refractivity contribution in [2.75, 3.05) is 37.7 Å². The summed E-state index contributed by atoms with van der Waals surface area (Å²) in [5.41, 5.74) is 2.75. The normalized spacial score (nSPS) is 22.4. The second-order valence-electron chi connectivity index (χ2n) is 9.23. The van der Waals surface area contributed by atoms with E-state index in [2.05, 4.69) is 47.9 Å². The molecule has 0 spiro atoms. The highest BCUT2D eigenvalue weighted by Crippen LogP contribution is 2.27. The summed E-state index contributed by atoms with van der Waals surface area (Å²) >= 11 is 5.59. The molecule has 2 aliphatic heterocycles. The number of hydrogen-bond donors (Lipinski definition) is 0. The Morgan fingerprint density at radius 3 is 2.32 bits per heavy atom. The maximum atomic E-state index is 11.9. The van der Waals surface area contributed by atoms with E-state index in [-0.39, 0.29) is 17.4 Å². The number of aromatic nitrogens is 3. The van der Waals surface area contributed by atoms with Crippen molar-refractivity contribution in [3.05, 3.63) is 46.0 Å². The van der Waals surface area contributed by atoms with Crippen LogP contribution in [0.5, 0.6) is 0 Å². The summed E-state index contributed by atoms with van der Waals surface area (Å²) in [5, 5.41) is 4.72. The average molecular weight is 464 g/mol. The van der Waals surface area contributed by atoms with Crippen LogP contribution in [0, 0.1) is 4.77 Å². The van der Waals surface area contributed by atoms with Crippen LogP contribution in [0.3, 0.4) is 0 Å². The monoisotopic (exact) mass is 463 g/mol. The van der Waals surface area contributed by atoms with Crippen molar-refractivity contribution in [3.63, 3.8) is 0 Å².